The van der Waals surface area contributed by atoms with Gasteiger partial charge in [0.1, 0.15) is 18.8 Å². The van der Waals surface area contributed by atoms with Gasteiger partial charge in [-0.05, 0) is 70.6 Å². The molecule has 1 saturated heterocycles. The number of aliphatic carboxylic acids is 1. The monoisotopic (exact) mass is 1060 g/mol. The lowest BCUT2D eigenvalue weighted by atomic mass is 9.98. The first-order valence-corrected chi connectivity index (χ1v) is 31.3. The number of hydrogen-bond donors (Lipinski definition) is 3. The van der Waals surface area contributed by atoms with Gasteiger partial charge >= 0.3 is 23.9 Å². The van der Waals surface area contributed by atoms with Gasteiger partial charge in [0.05, 0.1) is 6.61 Å². The quantitative estimate of drug-likeness (QED) is 0.0228. The van der Waals surface area contributed by atoms with Crippen LogP contribution < -0.4 is 0 Å². The first kappa shape index (κ1) is 70.2. The third kappa shape index (κ3) is 41.9. The van der Waals surface area contributed by atoms with Gasteiger partial charge in [-0.2, -0.15) is 0 Å². The molecule has 0 aliphatic carbocycles. The molecule has 0 aromatic rings. The second kappa shape index (κ2) is 51.9. The van der Waals surface area contributed by atoms with Gasteiger partial charge in [-0.1, -0.05) is 238 Å². The molecule has 3 N–H and O–H groups in total. The molecular formula is C63H114O12. The fourth-order valence-corrected chi connectivity index (χ4v) is 9.65. The lowest BCUT2D eigenvalue weighted by Gasteiger charge is -2.40. The van der Waals surface area contributed by atoms with Crippen molar-refractivity contribution in [3.8, 4) is 0 Å². The third-order valence-electron chi connectivity index (χ3n) is 14.5. The zero-order valence-electron chi connectivity index (χ0n) is 48.3. The lowest BCUT2D eigenvalue weighted by Crippen LogP contribution is -2.61. The van der Waals surface area contributed by atoms with Crippen molar-refractivity contribution in [1.82, 2.24) is 0 Å². The Morgan fingerprint density at radius 2 is 0.760 bits per heavy atom. The largest absolute Gasteiger partial charge is 0.479 e. The number of aliphatic hydroxyl groups is 2. The lowest BCUT2D eigenvalue weighted by molar-refractivity contribution is -0.301. The van der Waals surface area contributed by atoms with Crippen LogP contribution in [0.4, 0.5) is 0 Å². The number of rotatable bonds is 54. The van der Waals surface area contributed by atoms with E-state index >= 15 is 0 Å². The summed E-state index contributed by atoms with van der Waals surface area (Å²) in [5.41, 5.74) is 0. The highest BCUT2D eigenvalue weighted by molar-refractivity contribution is 5.74. The van der Waals surface area contributed by atoms with Gasteiger partial charge in [-0.15, -0.1) is 0 Å². The van der Waals surface area contributed by atoms with Gasteiger partial charge < -0.3 is 39.0 Å². The van der Waals surface area contributed by atoms with Gasteiger partial charge in [0, 0.05) is 19.3 Å². The topological polar surface area (TPSA) is 175 Å². The number of carboxylic acids is 1. The van der Waals surface area contributed by atoms with Gasteiger partial charge in [0.15, 0.2) is 24.6 Å². The van der Waals surface area contributed by atoms with Crippen molar-refractivity contribution in [2.24, 2.45) is 0 Å². The minimum Gasteiger partial charge on any atom is -0.479 e. The van der Waals surface area contributed by atoms with E-state index in [-0.39, 0.29) is 25.9 Å². The molecule has 0 saturated carbocycles. The van der Waals surface area contributed by atoms with E-state index in [1.807, 2.05) is 0 Å². The van der Waals surface area contributed by atoms with Crippen molar-refractivity contribution in [3.05, 3.63) is 24.3 Å². The third-order valence-corrected chi connectivity index (χ3v) is 14.5. The summed E-state index contributed by atoms with van der Waals surface area (Å²) in [5, 5.41) is 31.5. The Labute approximate surface area is 458 Å². The van der Waals surface area contributed by atoms with Crippen LogP contribution in [0.2, 0.25) is 0 Å². The number of ether oxygens (including phenoxy) is 5. The van der Waals surface area contributed by atoms with Crippen LogP contribution in [0.3, 0.4) is 0 Å². The fourth-order valence-electron chi connectivity index (χ4n) is 9.65. The molecule has 0 amide bonds. The Balaban J connectivity index is 2.64. The van der Waals surface area contributed by atoms with E-state index in [4.69, 9.17) is 23.7 Å². The van der Waals surface area contributed by atoms with E-state index in [1.165, 1.54) is 167 Å². The maximum absolute atomic E-state index is 13.1. The zero-order valence-corrected chi connectivity index (χ0v) is 48.3. The second-order valence-electron chi connectivity index (χ2n) is 21.7. The van der Waals surface area contributed by atoms with Crippen molar-refractivity contribution in [2.75, 3.05) is 13.2 Å². The van der Waals surface area contributed by atoms with Gasteiger partial charge in [0.2, 0.25) is 0 Å². The smallest absolute Gasteiger partial charge is 0.335 e. The normalized spacial score (nSPS) is 18.2. The summed E-state index contributed by atoms with van der Waals surface area (Å²) in [5.74, 6) is -3.10. The molecule has 438 valence electrons. The van der Waals surface area contributed by atoms with Gasteiger partial charge in [-0.3, -0.25) is 14.4 Å². The minimum atomic E-state index is -1.90. The number of allylic oxidation sites excluding steroid dienone is 4. The molecule has 6 atom stereocenters. The van der Waals surface area contributed by atoms with E-state index in [0.29, 0.717) is 19.3 Å². The second-order valence-corrected chi connectivity index (χ2v) is 21.7. The number of esters is 3. The molecule has 1 fully saturated rings. The van der Waals surface area contributed by atoms with Crippen molar-refractivity contribution >= 4 is 23.9 Å². The minimum absolute atomic E-state index is 0.0598. The molecule has 12 nitrogen and oxygen atoms in total. The number of carbonyl (C=O) groups excluding carboxylic acids is 3. The first-order valence-electron chi connectivity index (χ1n) is 31.3. The highest BCUT2D eigenvalue weighted by Gasteiger charge is 2.50. The molecule has 1 aliphatic rings. The average Bonchev–Trinajstić information content (AvgIpc) is 3.39. The molecular weight excluding hydrogens is 949 g/mol. The summed E-state index contributed by atoms with van der Waals surface area (Å²) >= 11 is 0. The number of carbonyl (C=O) groups is 4. The zero-order chi connectivity index (χ0) is 54.7. The Bertz CT molecular complexity index is 1400. The van der Waals surface area contributed by atoms with Crippen LogP contribution >= 0.6 is 0 Å². The van der Waals surface area contributed by atoms with Crippen LogP contribution in [-0.2, 0) is 42.9 Å². The van der Waals surface area contributed by atoms with E-state index in [0.717, 1.165) is 77.0 Å². The highest BCUT2D eigenvalue weighted by Crippen LogP contribution is 2.27. The molecule has 75 heavy (non-hydrogen) atoms. The Morgan fingerprint density at radius 3 is 1.13 bits per heavy atom. The summed E-state index contributed by atoms with van der Waals surface area (Å²) in [6, 6.07) is 0. The van der Waals surface area contributed by atoms with E-state index in [9.17, 15) is 34.5 Å². The summed E-state index contributed by atoms with van der Waals surface area (Å²) in [7, 11) is 0. The summed E-state index contributed by atoms with van der Waals surface area (Å²) in [6.07, 6.45) is 47.1. The molecule has 12 heteroatoms. The number of carboxylic acid groups (broad SMARTS) is 1. The highest BCUT2D eigenvalue weighted by atomic mass is 16.7. The molecule has 1 heterocycles. The van der Waals surface area contributed by atoms with Crippen LogP contribution in [0.1, 0.15) is 303 Å². The Kier molecular flexibility index (Phi) is 48.6. The Hall–Kier alpha value is -2.80. The molecule has 1 rings (SSSR count). The van der Waals surface area contributed by atoms with Gasteiger partial charge in [0.25, 0.3) is 0 Å². The average molecular weight is 1060 g/mol. The molecule has 6 unspecified atom stereocenters. The van der Waals surface area contributed by atoms with Crippen molar-refractivity contribution in [1.29, 1.82) is 0 Å². The maximum Gasteiger partial charge on any atom is 0.335 e. The van der Waals surface area contributed by atoms with Crippen molar-refractivity contribution in [2.45, 2.75) is 340 Å². The Morgan fingerprint density at radius 1 is 0.427 bits per heavy atom. The first-order chi connectivity index (χ1) is 36.6. The van der Waals surface area contributed by atoms with E-state index in [2.05, 4.69) is 45.1 Å². The van der Waals surface area contributed by atoms with Crippen LogP contribution in [-0.4, -0.2) is 89.2 Å². The number of hydrogen-bond acceptors (Lipinski definition) is 11. The predicted octanol–water partition coefficient (Wildman–Crippen LogP) is 16.2. The van der Waals surface area contributed by atoms with Crippen LogP contribution in [0.25, 0.3) is 0 Å². The van der Waals surface area contributed by atoms with E-state index < -0.39 is 67.3 Å². The van der Waals surface area contributed by atoms with Crippen molar-refractivity contribution in [3.63, 3.8) is 0 Å². The summed E-state index contributed by atoms with van der Waals surface area (Å²) in [4.78, 5) is 51.1. The van der Waals surface area contributed by atoms with Gasteiger partial charge in [-0.25, -0.2) is 4.79 Å². The molecule has 0 aromatic heterocycles. The molecule has 0 aromatic carbocycles. The van der Waals surface area contributed by atoms with Crippen LogP contribution in [0.5, 0.6) is 0 Å². The summed E-state index contributed by atoms with van der Waals surface area (Å²) < 4.78 is 28.5. The fraction of sp³-hybridized carbons (Fsp3) is 0.873. The van der Waals surface area contributed by atoms with Crippen LogP contribution in [0.15, 0.2) is 24.3 Å². The van der Waals surface area contributed by atoms with Crippen LogP contribution in [0, 0.1) is 0 Å². The SMILES string of the molecule is CCCCCCCC/C=C\CCCCCCCCCC(=O)OCC(COC1OC(C(=O)O)C(O)C(O)C1OC(=O)CCCCCCCCC/C=C\CCCCCCCC)OC(=O)CCCCCCCCCCCCC. The van der Waals surface area contributed by atoms with Crippen molar-refractivity contribution < 1.29 is 58.2 Å². The van der Waals surface area contributed by atoms with E-state index in [1.54, 1.807) is 0 Å². The molecule has 0 bridgehead atoms. The number of aliphatic hydroxyl groups excluding tert-OH is 2. The predicted molar refractivity (Wildman–Crippen MR) is 303 cm³/mol. The molecule has 1 aliphatic heterocycles. The molecule has 0 spiro atoms. The number of unbranched alkanes of at least 4 members (excludes halogenated alkanes) is 36. The molecule has 0 radical (unpaired) electrons. The maximum atomic E-state index is 13.1. The standard InChI is InChI=1S/C63H114O12/c1-4-7-10-13-16-19-22-24-26-28-30-32-35-37-40-43-46-49-55(64)71-52-54(73-56(65)50-47-44-41-38-34-21-18-15-12-9-6-3)53-72-63-61(59(68)58(67)60(75-63)62(69)70)74-57(66)51-48-45-42-39-36-33-31-29-27-25-23-20-17-14-11-8-5-2/h24-27,54,58-61,63,67-68H,4-23,28-53H2,1-3H3,(H,69,70)/b26-24-,27-25-. The summed E-state index contributed by atoms with van der Waals surface area (Å²) in [6.45, 7) is 6.01.